The average Bonchev–Trinajstić information content (AvgIpc) is 2.82. The Balaban J connectivity index is 2.30. The summed E-state index contributed by atoms with van der Waals surface area (Å²) in [7, 11) is 0. The lowest BCUT2D eigenvalue weighted by Gasteiger charge is -2.14. The van der Waals surface area contributed by atoms with Gasteiger partial charge in [-0.3, -0.25) is 0 Å². The first kappa shape index (κ1) is 16.0. The molecule has 1 unspecified atom stereocenters. The first-order valence-electron chi connectivity index (χ1n) is 8.08. The highest BCUT2D eigenvalue weighted by Crippen LogP contribution is 2.24. The van der Waals surface area contributed by atoms with Crippen molar-refractivity contribution in [1.82, 2.24) is 9.55 Å². The summed E-state index contributed by atoms with van der Waals surface area (Å²) in [5, 5.41) is 0. The van der Waals surface area contributed by atoms with Crippen LogP contribution in [0.3, 0.4) is 0 Å². The van der Waals surface area contributed by atoms with Crippen LogP contribution in [0.25, 0.3) is 11.0 Å². The molecule has 0 spiro atoms. The number of rotatable bonds is 8. The van der Waals surface area contributed by atoms with Gasteiger partial charge < -0.3 is 10.3 Å². The molecule has 4 heteroatoms. The zero-order valence-electron chi connectivity index (χ0n) is 13.1. The van der Waals surface area contributed by atoms with Crippen molar-refractivity contribution in [1.29, 1.82) is 0 Å². The second-order valence-electron chi connectivity index (χ2n) is 5.71. The molecule has 0 fully saturated rings. The number of unbranched alkanes of at least 4 members (excludes halogenated alkanes) is 3. The normalized spacial score (nSPS) is 13.0. The zero-order chi connectivity index (χ0) is 15.2. The molecule has 2 aromatic rings. The lowest BCUT2D eigenvalue weighted by atomic mass is 10.1. The van der Waals surface area contributed by atoms with Crippen LogP contribution in [0.2, 0.25) is 0 Å². The number of halogens is 1. The molecule has 0 saturated carbocycles. The number of fused-ring (bicyclic) bond motifs is 1. The van der Waals surface area contributed by atoms with Crippen molar-refractivity contribution in [3.63, 3.8) is 0 Å². The van der Waals surface area contributed by atoms with E-state index in [0.29, 0.717) is 5.52 Å². The smallest absolute Gasteiger partial charge is 0.126 e. The number of benzene rings is 1. The van der Waals surface area contributed by atoms with Crippen LogP contribution >= 0.6 is 0 Å². The standard InChI is InChI=1S/C17H26FN3/c1-3-5-6-7-11-21-16-10-9-13(18)12-15(16)20-17(21)14(19)8-4-2/h9-10,12,14H,3-8,11,19H2,1-2H3. The highest BCUT2D eigenvalue weighted by Gasteiger charge is 2.16. The molecular weight excluding hydrogens is 265 g/mol. The van der Waals surface area contributed by atoms with Gasteiger partial charge in [-0.1, -0.05) is 39.5 Å². The molecule has 0 radical (unpaired) electrons. The molecule has 1 aromatic heterocycles. The fraction of sp³-hybridized carbons (Fsp3) is 0.588. The van der Waals surface area contributed by atoms with Crippen LogP contribution in [-0.4, -0.2) is 9.55 Å². The summed E-state index contributed by atoms with van der Waals surface area (Å²) in [5.74, 6) is 0.655. The molecule has 0 aliphatic rings. The largest absolute Gasteiger partial charge is 0.327 e. The van der Waals surface area contributed by atoms with Crippen molar-refractivity contribution in [3.8, 4) is 0 Å². The van der Waals surface area contributed by atoms with E-state index >= 15 is 0 Å². The van der Waals surface area contributed by atoms with Crippen molar-refractivity contribution < 1.29 is 4.39 Å². The number of imidazole rings is 1. The molecule has 1 heterocycles. The molecule has 3 nitrogen and oxygen atoms in total. The molecule has 0 aliphatic heterocycles. The number of nitrogens with two attached hydrogens (primary N) is 1. The van der Waals surface area contributed by atoms with Crippen LogP contribution in [0.5, 0.6) is 0 Å². The summed E-state index contributed by atoms with van der Waals surface area (Å²) in [6.07, 6.45) is 6.72. The van der Waals surface area contributed by atoms with Gasteiger partial charge in [0, 0.05) is 12.6 Å². The van der Waals surface area contributed by atoms with Crippen LogP contribution in [0.1, 0.15) is 64.2 Å². The van der Waals surface area contributed by atoms with Crippen LogP contribution in [0.4, 0.5) is 4.39 Å². The monoisotopic (exact) mass is 291 g/mol. The summed E-state index contributed by atoms with van der Waals surface area (Å²) in [6.45, 7) is 5.24. The van der Waals surface area contributed by atoms with Crippen molar-refractivity contribution in [3.05, 3.63) is 29.8 Å². The fourth-order valence-electron chi connectivity index (χ4n) is 2.78. The maximum absolute atomic E-state index is 13.4. The van der Waals surface area contributed by atoms with E-state index < -0.39 is 0 Å². The number of aryl methyl sites for hydroxylation is 1. The van der Waals surface area contributed by atoms with Gasteiger partial charge in [-0.25, -0.2) is 9.37 Å². The maximum Gasteiger partial charge on any atom is 0.126 e. The second-order valence-corrected chi connectivity index (χ2v) is 5.71. The molecule has 116 valence electrons. The minimum atomic E-state index is -0.242. The Kier molecular flexibility index (Phi) is 5.74. The molecule has 0 aliphatic carbocycles. The van der Waals surface area contributed by atoms with E-state index in [1.807, 2.05) is 6.07 Å². The molecule has 21 heavy (non-hydrogen) atoms. The van der Waals surface area contributed by atoms with E-state index in [1.54, 1.807) is 0 Å². The summed E-state index contributed by atoms with van der Waals surface area (Å²) in [6, 6.07) is 4.75. The number of aromatic nitrogens is 2. The molecule has 0 bridgehead atoms. The predicted octanol–water partition coefficient (Wildman–Crippen LogP) is 4.56. The number of hydrogen-bond donors (Lipinski definition) is 1. The Hall–Kier alpha value is -1.42. The third-order valence-corrected chi connectivity index (χ3v) is 3.91. The topological polar surface area (TPSA) is 43.8 Å². The molecule has 0 saturated heterocycles. The molecular formula is C17H26FN3. The van der Waals surface area contributed by atoms with Gasteiger partial charge in [-0.2, -0.15) is 0 Å². The third-order valence-electron chi connectivity index (χ3n) is 3.91. The summed E-state index contributed by atoms with van der Waals surface area (Å²) in [4.78, 5) is 4.59. The van der Waals surface area contributed by atoms with Gasteiger partial charge in [0.2, 0.25) is 0 Å². The second kappa shape index (κ2) is 7.55. The molecule has 2 N–H and O–H groups in total. The van der Waals surface area contributed by atoms with Gasteiger partial charge in [0.1, 0.15) is 11.6 Å². The first-order valence-corrected chi connectivity index (χ1v) is 8.08. The minimum absolute atomic E-state index is 0.0726. The Bertz CT molecular complexity index is 577. The predicted molar refractivity (Wildman–Crippen MR) is 85.7 cm³/mol. The van der Waals surface area contributed by atoms with E-state index in [4.69, 9.17) is 5.73 Å². The Morgan fingerprint density at radius 3 is 2.71 bits per heavy atom. The number of nitrogens with zero attached hydrogens (tertiary/aromatic N) is 2. The van der Waals surface area contributed by atoms with Gasteiger partial charge in [-0.15, -0.1) is 0 Å². The molecule has 1 atom stereocenters. The molecule has 2 rings (SSSR count). The van der Waals surface area contributed by atoms with E-state index in [0.717, 1.165) is 37.1 Å². The maximum atomic E-state index is 13.4. The lowest BCUT2D eigenvalue weighted by molar-refractivity contribution is 0.527. The van der Waals surface area contributed by atoms with Crippen LogP contribution in [-0.2, 0) is 6.54 Å². The van der Waals surface area contributed by atoms with E-state index in [-0.39, 0.29) is 11.9 Å². The van der Waals surface area contributed by atoms with Crippen LogP contribution in [0.15, 0.2) is 18.2 Å². The van der Waals surface area contributed by atoms with Gasteiger partial charge in [0.05, 0.1) is 17.1 Å². The van der Waals surface area contributed by atoms with Gasteiger partial charge in [-0.05, 0) is 25.0 Å². The van der Waals surface area contributed by atoms with Crippen molar-refractivity contribution in [2.24, 2.45) is 5.73 Å². The Morgan fingerprint density at radius 1 is 1.19 bits per heavy atom. The van der Waals surface area contributed by atoms with Crippen molar-refractivity contribution in [2.45, 2.75) is 65.0 Å². The zero-order valence-corrected chi connectivity index (χ0v) is 13.1. The van der Waals surface area contributed by atoms with Gasteiger partial charge in [0.15, 0.2) is 0 Å². The SMILES string of the molecule is CCCCCCn1c(C(N)CCC)nc2cc(F)ccc21. The van der Waals surface area contributed by atoms with Crippen LogP contribution in [0, 0.1) is 5.82 Å². The van der Waals surface area contributed by atoms with E-state index in [1.165, 1.54) is 31.4 Å². The van der Waals surface area contributed by atoms with Crippen LogP contribution < -0.4 is 5.73 Å². The molecule has 1 aromatic carbocycles. The summed E-state index contributed by atoms with van der Waals surface area (Å²) < 4.78 is 15.6. The lowest BCUT2D eigenvalue weighted by Crippen LogP contribution is -2.16. The van der Waals surface area contributed by atoms with Crippen molar-refractivity contribution >= 4 is 11.0 Å². The molecule has 0 amide bonds. The minimum Gasteiger partial charge on any atom is -0.327 e. The van der Waals surface area contributed by atoms with Gasteiger partial charge in [0.25, 0.3) is 0 Å². The Labute approximate surface area is 126 Å². The Morgan fingerprint density at radius 2 is 2.00 bits per heavy atom. The van der Waals surface area contributed by atoms with E-state index in [9.17, 15) is 4.39 Å². The number of hydrogen-bond acceptors (Lipinski definition) is 2. The highest BCUT2D eigenvalue weighted by atomic mass is 19.1. The fourth-order valence-corrected chi connectivity index (χ4v) is 2.78. The van der Waals surface area contributed by atoms with Gasteiger partial charge >= 0.3 is 0 Å². The summed E-state index contributed by atoms with van der Waals surface area (Å²) >= 11 is 0. The highest BCUT2D eigenvalue weighted by molar-refractivity contribution is 5.76. The van der Waals surface area contributed by atoms with Crippen molar-refractivity contribution in [2.75, 3.05) is 0 Å². The first-order chi connectivity index (χ1) is 10.2. The quantitative estimate of drug-likeness (QED) is 0.725. The van der Waals surface area contributed by atoms with E-state index in [2.05, 4.69) is 23.4 Å². The third kappa shape index (κ3) is 3.82. The average molecular weight is 291 g/mol. The summed E-state index contributed by atoms with van der Waals surface area (Å²) in [5.41, 5.74) is 7.97.